The van der Waals surface area contributed by atoms with Gasteiger partial charge < -0.3 is 9.88 Å². The average Bonchev–Trinajstić information content (AvgIpc) is 2.74. The second-order valence-electron chi connectivity index (χ2n) is 4.38. The predicted molar refractivity (Wildman–Crippen MR) is 68.6 cm³/mol. The summed E-state index contributed by atoms with van der Waals surface area (Å²) in [6.45, 7) is 8.79. The van der Waals surface area contributed by atoms with E-state index in [2.05, 4.69) is 41.8 Å². The van der Waals surface area contributed by atoms with Crippen molar-refractivity contribution in [1.29, 1.82) is 0 Å². The Morgan fingerprint density at radius 1 is 1.44 bits per heavy atom. The van der Waals surface area contributed by atoms with Crippen molar-refractivity contribution in [1.82, 2.24) is 14.9 Å². The van der Waals surface area contributed by atoms with Gasteiger partial charge in [0.2, 0.25) is 0 Å². The van der Waals surface area contributed by atoms with Gasteiger partial charge in [-0.2, -0.15) is 0 Å². The van der Waals surface area contributed by atoms with Crippen molar-refractivity contribution in [2.75, 3.05) is 6.54 Å². The second kappa shape index (κ2) is 7.44. The molecule has 0 bridgehead atoms. The Morgan fingerprint density at radius 2 is 2.25 bits per heavy atom. The summed E-state index contributed by atoms with van der Waals surface area (Å²) in [4.78, 5) is 4.39. The summed E-state index contributed by atoms with van der Waals surface area (Å²) in [6.07, 6.45) is 8.72. The van der Waals surface area contributed by atoms with Crippen molar-refractivity contribution in [2.24, 2.45) is 0 Å². The Morgan fingerprint density at radius 3 is 2.94 bits per heavy atom. The van der Waals surface area contributed by atoms with Crippen LogP contribution in [0.4, 0.5) is 0 Å². The Hall–Kier alpha value is -0.830. The first-order valence-electron chi connectivity index (χ1n) is 6.51. The minimum atomic E-state index is 0.630. The molecule has 1 N–H and O–H groups in total. The molecule has 0 saturated carbocycles. The summed E-state index contributed by atoms with van der Waals surface area (Å²) in [5.41, 5.74) is 0. The molecule has 3 nitrogen and oxygen atoms in total. The van der Waals surface area contributed by atoms with E-state index in [4.69, 9.17) is 0 Å². The second-order valence-corrected chi connectivity index (χ2v) is 4.38. The lowest BCUT2D eigenvalue weighted by atomic mass is 10.1. The van der Waals surface area contributed by atoms with Crippen LogP contribution >= 0.6 is 0 Å². The lowest BCUT2D eigenvalue weighted by Crippen LogP contribution is -2.26. The molecule has 1 atom stereocenters. The molecule has 0 aliphatic carbocycles. The minimum Gasteiger partial charge on any atom is -0.335 e. The van der Waals surface area contributed by atoms with Gasteiger partial charge in [0.15, 0.2) is 0 Å². The van der Waals surface area contributed by atoms with E-state index >= 15 is 0 Å². The Kier molecular flexibility index (Phi) is 6.16. The molecule has 0 spiro atoms. The maximum atomic E-state index is 4.39. The van der Waals surface area contributed by atoms with Crippen molar-refractivity contribution < 1.29 is 0 Å². The van der Waals surface area contributed by atoms with Crippen LogP contribution in [0.25, 0.3) is 0 Å². The first kappa shape index (κ1) is 13.2. The van der Waals surface area contributed by atoms with Crippen LogP contribution in [-0.2, 0) is 13.0 Å². The zero-order chi connectivity index (χ0) is 11.8. The molecule has 0 radical (unpaired) electrons. The fourth-order valence-corrected chi connectivity index (χ4v) is 1.92. The third-order valence-corrected chi connectivity index (χ3v) is 2.92. The molecular weight excluding hydrogens is 198 g/mol. The number of hydrogen-bond donors (Lipinski definition) is 1. The van der Waals surface area contributed by atoms with Crippen LogP contribution in [-0.4, -0.2) is 22.1 Å². The smallest absolute Gasteiger partial charge is 0.108 e. The number of aryl methyl sites for hydroxylation is 2. The van der Waals surface area contributed by atoms with E-state index in [9.17, 15) is 0 Å². The average molecular weight is 223 g/mol. The SMILES string of the molecule is CCCNC(C)CCCc1nccn1CC. The summed E-state index contributed by atoms with van der Waals surface area (Å²) in [7, 11) is 0. The lowest BCUT2D eigenvalue weighted by molar-refractivity contribution is 0.492. The molecule has 1 unspecified atom stereocenters. The molecule has 0 amide bonds. The number of nitrogens with zero attached hydrogens (tertiary/aromatic N) is 2. The molecule has 1 aromatic heterocycles. The summed E-state index contributed by atoms with van der Waals surface area (Å²) in [5, 5.41) is 3.51. The molecule has 16 heavy (non-hydrogen) atoms. The van der Waals surface area contributed by atoms with Crippen LogP contribution in [0.3, 0.4) is 0 Å². The normalized spacial score (nSPS) is 12.9. The van der Waals surface area contributed by atoms with Gasteiger partial charge in [0, 0.05) is 31.4 Å². The monoisotopic (exact) mass is 223 g/mol. The van der Waals surface area contributed by atoms with E-state index < -0.39 is 0 Å². The highest BCUT2D eigenvalue weighted by Crippen LogP contribution is 2.05. The Balaban J connectivity index is 2.20. The first-order chi connectivity index (χ1) is 7.77. The molecule has 1 heterocycles. The van der Waals surface area contributed by atoms with Crippen LogP contribution in [0.15, 0.2) is 12.4 Å². The number of aromatic nitrogens is 2. The van der Waals surface area contributed by atoms with E-state index in [0.29, 0.717) is 6.04 Å². The molecule has 0 aliphatic heterocycles. The third-order valence-electron chi connectivity index (χ3n) is 2.92. The fourth-order valence-electron chi connectivity index (χ4n) is 1.92. The lowest BCUT2D eigenvalue weighted by Gasteiger charge is -2.12. The van der Waals surface area contributed by atoms with Crippen molar-refractivity contribution in [3.05, 3.63) is 18.2 Å². The molecule has 0 saturated heterocycles. The van der Waals surface area contributed by atoms with Crippen LogP contribution in [0.1, 0.15) is 45.9 Å². The summed E-state index contributed by atoms with van der Waals surface area (Å²) < 4.78 is 2.23. The van der Waals surface area contributed by atoms with E-state index in [0.717, 1.165) is 19.5 Å². The number of rotatable bonds is 8. The Bertz CT molecular complexity index is 280. The third kappa shape index (κ3) is 4.35. The van der Waals surface area contributed by atoms with E-state index in [1.54, 1.807) is 0 Å². The minimum absolute atomic E-state index is 0.630. The van der Waals surface area contributed by atoms with E-state index in [1.165, 1.54) is 25.1 Å². The fraction of sp³-hybridized carbons (Fsp3) is 0.769. The van der Waals surface area contributed by atoms with E-state index in [-0.39, 0.29) is 0 Å². The molecular formula is C13H25N3. The molecule has 0 aromatic carbocycles. The maximum absolute atomic E-state index is 4.39. The number of nitrogens with one attached hydrogen (secondary N) is 1. The van der Waals surface area contributed by atoms with Crippen LogP contribution < -0.4 is 5.32 Å². The van der Waals surface area contributed by atoms with Crippen molar-refractivity contribution in [3.8, 4) is 0 Å². The van der Waals surface area contributed by atoms with Crippen molar-refractivity contribution >= 4 is 0 Å². The quantitative estimate of drug-likeness (QED) is 0.734. The van der Waals surface area contributed by atoms with Gasteiger partial charge in [-0.15, -0.1) is 0 Å². The zero-order valence-corrected chi connectivity index (χ0v) is 10.9. The van der Waals surface area contributed by atoms with Gasteiger partial charge in [0.1, 0.15) is 5.82 Å². The van der Waals surface area contributed by atoms with Crippen LogP contribution in [0.5, 0.6) is 0 Å². The van der Waals surface area contributed by atoms with Gasteiger partial charge in [0.25, 0.3) is 0 Å². The van der Waals surface area contributed by atoms with Crippen molar-refractivity contribution in [3.63, 3.8) is 0 Å². The summed E-state index contributed by atoms with van der Waals surface area (Å²) >= 11 is 0. The highest BCUT2D eigenvalue weighted by Gasteiger charge is 2.03. The van der Waals surface area contributed by atoms with Gasteiger partial charge in [-0.1, -0.05) is 6.92 Å². The standard InChI is InChI=1S/C13H25N3/c1-4-9-14-12(3)7-6-8-13-15-10-11-16(13)5-2/h10-12,14H,4-9H2,1-3H3. The van der Waals surface area contributed by atoms with Crippen LogP contribution in [0.2, 0.25) is 0 Å². The van der Waals surface area contributed by atoms with Gasteiger partial charge in [-0.25, -0.2) is 4.98 Å². The van der Waals surface area contributed by atoms with E-state index in [1.807, 2.05) is 6.20 Å². The van der Waals surface area contributed by atoms with Gasteiger partial charge >= 0.3 is 0 Å². The Labute approximate surface area is 99.3 Å². The molecule has 0 fully saturated rings. The summed E-state index contributed by atoms with van der Waals surface area (Å²) in [6, 6.07) is 0.630. The molecule has 1 rings (SSSR count). The van der Waals surface area contributed by atoms with Crippen LogP contribution in [0, 0.1) is 0 Å². The van der Waals surface area contributed by atoms with Crippen molar-refractivity contribution in [2.45, 2.75) is 59.0 Å². The maximum Gasteiger partial charge on any atom is 0.108 e. The molecule has 1 aromatic rings. The summed E-state index contributed by atoms with van der Waals surface area (Å²) in [5.74, 6) is 1.23. The highest BCUT2D eigenvalue weighted by atomic mass is 15.0. The molecule has 3 heteroatoms. The predicted octanol–water partition coefficient (Wildman–Crippen LogP) is 2.61. The van der Waals surface area contributed by atoms with Gasteiger partial charge in [-0.3, -0.25) is 0 Å². The number of hydrogen-bond acceptors (Lipinski definition) is 2. The largest absolute Gasteiger partial charge is 0.335 e. The first-order valence-corrected chi connectivity index (χ1v) is 6.51. The molecule has 0 aliphatic rings. The zero-order valence-electron chi connectivity index (χ0n) is 10.9. The molecule has 92 valence electrons. The highest BCUT2D eigenvalue weighted by molar-refractivity contribution is 4.92. The van der Waals surface area contributed by atoms with Gasteiger partial charge in [0.05, 0.1) is 0 Å². The topological polar surface area (TPSA) is 29.9 Å². The van der Waals surface area contributed by atoms with Gasteiger partial charge in [-0.05, 0) is 39.7 Å². The number of imidazole rings is 1.